The van der Waals surface area contributed by atoms with E-state index in [4.69, 9.17) is 0 Å². The molecule has 0 radical (unpaired) electrons. The van der Waals surface area contributed by atoms with Gasteiger partial charge < -0.3 is 15.1 Å². The van der Waals surface area contributed by atoms with Crippen molar-refractivity contribution in [2.75, 3.05) is 52.9 Å². The summed E-state index contributed by atoms with van der Waals surface area (Å²) in [4.78, 5) is 42.6. The summed E-state index contributed by atoms with van der Waals surface area (Å²) in [5.41, 5.74) is 0.790. The van der Waals surface area contributed by atoms with E-state index in [0.29, 0.717) is 17.7 Å². The highest BCUT2D eigenvalue weighted by molar-refractivity contribution is 9.10. The molecule has 0 bridgehead atoms. The third-order valence-corrected chi connectivity index (χ3v) is 5.56. The summed E-state index contributed by atoms with van der Waals surface area (Å²) in [6, 6.07) is 5.02. The number of rotatable bonds is 7. The monoisotopic (exact) mass is 436 g/mol. The maximum Gasteiger partial charge on any atom is 0.261 e. The fraction of sp³-hybridized carbons (Fsp3) is 0.526. The first kappa shape index (κ1) is 20.0. The Kier molecular flexibility index (Phi) is 6.62. The Bertz CT molecular complexity index is 732. The SMILES string of the molecule is CN1CCN(CCCNC(=O)CCN2C(=O)c3ccc(Br)cc3C2=O)CC1. The quantitative estimate of drug-likeness (QED) is 0.513. The molecule has 0 saturated carbocycles. The second-order valence-corrected chi connectivity index (χ2v) is 7.97. The number of piperazine rings is 1. The molecule has 0 aromatic heterocycles. The van der Waals surface area contributed by atoms with Crippen LogP contribution in [0.4, 0.5) is 0 Å². The summed E-state index contributed by atoms with van der Waals surface area (Å²) in [6.45, 7) is 6.00. The average molecular weight is 437 g/mol. The Morgan fingerprint density at radius 3 is 2.52 bits per heavy atom. The molecular formula is C19H25BrN4O3. The van der Waals surface area contributed by atoms with Crippen molar-refractivity contribution in [3.05, 3.63) is 33.8 Å². The highest BCUT2D eigenvalue weighted by Crippen LogP contribution is 2.26. The van der Waals surface area contributed by atoms with E-state index in [1.807, 2.05) is 0 Å². The van der Waals surface area contributed by atoms with Crippen LogP contribution >= 0.6 is 15.9 Å². The van der Waals surface area contributed by atoms with E-state index in [0.717, 1.165) is 48.5 Å². The number of amides is 3. The molecule has 1 saturated heterocycles. The van der Waals surface area contributed by atoms with Crippen LogP contribution in [0, 0.1) is 0 Å². The molecule has 1 aromatic rings. The third-order valence-electron chi connectivity index (χ3n) is 5.06. The molecule has 3 amide bonds. The van der Waals surface area contributed by atoms with Crippen LogP contribution in [0.25, 0.3) is 0 Å². The van der Waals surface area contributed by atoms with Gasteiger partial charge in [0.25, 0.3) is 11.8 Å². The molecule has 0 aliphatic carbocycles. The van der Waals surface area contributed by atoms with Gasteiger partial charge in [0, 0.05) is 50.2 Å². The molecule has 2 heterocycles. The molecule has 0 unspecified atom stereocenters. The first-order valence-electron chi connectivity index (χ1n) is 9.29. The zero-order valence-corrected chi connectivity index (χ0v) is 17.1. The van der Waals surface area contributed by atoms with Crippen molar-refractivity contribution in [3.63, 3.8) is 0 Å². The van der Waals surface area contributed by atoms with Gasteiger partial charge in [0.15, 0.2) is 0 Å². The molecule has 1 fully saturated rings. The maximum absolute atomic E-state index is 12.4. The summed E-state index contributed by atoms with van der Waals surface area (Å²) in [5, 5.41) is 2.88. The predicted octanol–water partition coefficient (Wildman–Crippen LogP) is 1.19. The topological polar surface area (TPSA) is 73.0 Å². The lowest BCUT2D eigenvalue weighted by Crippen LogP contribution is -2.45. The molecule has 8 heteroatoms. The van der Waals surface area contributed by atoms with E-state index in [1.165, 1.54) is 0 Å². The number of likely N-dealkylation sites (N-methyl/N-ethyl adjacent to an activating group) is 1. The number of imide groups is 1. The van der Waals surface area contributed by atoms with Gasteiger partial charge in [-0.3, -0.25) is 19.3 Å². The van der Waals surface area contributed by atoms with Crippen LogP contribution in [0.2, 0.25) is 0 Å². The number of hydrogen-bond acceptors (Lipinski definition) is 5. The number of fused-ring (bicyclic) bond motifs is 1. The first-order chi connectivity index (χ1) is 13.0. The standard InChI is InChI=1S/C19H25BrN4O3/c1-22-9-11-23(12-10-22)7-2-6-21-17(25)5-8-24-18(26)15-4-3-14(20)13-16(15)19(24)27/h3-4,13H,2,5-12H2,1H3,(H,21,25). The van der Waals surface area contributed by atoms with Crippen LogP contribution in [0.1, 0.15) is 33.6 Å². The Labute approximate surface area is 167 Å². The van der Waals surface area contributed by atoms with Crippen LogP contribution in [-0.2, 0) is 4.79 Å². The minimum atomic E-state index is -0.334. The van der Waals surface area contributed by atoms with Crippen molar-refractivity contribution in [1.82, 2.24) is 20.0 Å². The van der Waals surface area contributed by atoms with Gasteiger partial charge in [0.05, 0.1) is 11.1 Å². The third kappa shape index (κ3) is 4.94. The Morgan fingerprint density at radius 2 is 1.78 bits per heavy atom. The number of carbonyl (C=O) groups excluding carboxylic acids is 3. The van der Waals surface area contributed by atoms with Crippen LogP contribution in [0.5, 0.6) is 0 Å². The number of hydrogen-bond donors (Lipinski definition) is 1. The zero-order chi connectivity index (χ0) is 19.4. The Morgan fingerprint density at radius 1 is 1.07 bits per heavy atom. The van der Waals surface area contributed by atoms with Crippen molar-refractivity contribution >= 4 is 33.7 Å². The normalized spacial score (nSPS) is 18.1. The van der Waals surface area contributed by atoms with Gasteiger partial charge in [-0.15, -0.1) is 0 Å². The molecule has 2 aliphatic rings. The first-order valence-corrected chi connectivity index (χ1v) is 10.1. The van der Waals surface area contributed by atoms with Gasteiger partial charge in [-0.05, 0) is 38.2 Å². The van der Waals surface area contributed by atoms with E-state index in [-0.39, 0.29) is 30.7 Å². The van der Waals surface area contributed by atoms with Gasteiger partial charge in [0.2, 0.25) is 5.91 Å². The molecule has 7 nitrogen and oxygen atoms in total. The van der Waals surface area contributed by atoms with Crippen molar-refractivity contribution in [1.29, 1.82) is 0 Å². The lowest BCUT2D eigenvalue weighted by Gasteiger charge is -2.32. The minimum absolute atomic E-state index is 0.105. The van der Waals surface area contributed by atoms with Gasteiger partial charge in [-0.1, -0.05) is 15.9 Å². The predicted molar refractivity (Wildman–Crippen MR) is 106 cm³/mol. The Hall–Kier alpha value is -1.77. The summed E-state index contributed by atoms with van der Waals surface area (Å²) in [7, 11) is 2.13. The van der Waals surface area contributed by atoms with Crippen molar-refractivity contribution in [2.24, 2.45) is 0 Å². The molecule has 0 atom stereocenters. The van der Waals surface area contributed by atoms with E-state index in [1.54, 1.807) is 18.2 Å². The lowest BCUT2D eigenvalue weighted by molar-refractivity contribution is -0.121. The smallest absolute Gasteiger partial charge is 0.261 e. The molecular weight excluding hydrogens is 412 g/mol. The minimum Gasteiger partial charge on any atom is -0.356 e. The maximum atomic E-state index is 12.4. The van der Waals surface area contributed by atoms with Gasteiger partial charge >= 0.3 is 0 Å². The van der Waals surface area contributed by atoms with Crippen LogP contribution in [-0.4, -0.2) is 85.3 Å². The van der Waals surface area contributed by atoms with Crippen molar-refractivity contribution < 1.29 is 14.4 Å². The zero-order valence-electron chi connectivity index (χ0n) is 15.5. The molecule has 1 aromatic carbocycles. The molecule has 146 valence electrons. The average Bonchev–Trinajstić information content (AvgIpc) is 2.88. The summed E-state index contributed by atoms with van der Waals surface area (Å²) in [6.07, 6.45) is 1.03. The molecule has 3 rings (SSSR count). The van der Waals surface area contributed by atoms with Crippen LogP contribution < -0.4 is 5.32 Å². The van der Waals surface area contributed by atoms with Crippen LogP contribution in [0.3, 0.4) is 0 Å². The van der Waals surface area contributed by atoms with Gasteiger partial charge in [0.1, 0.15) is 0 Å². The van der Waals surface area contributed by atoms with Gasteiger partial charge in [-0.25, -0.2) is 0 Å². The summed E-state index contributed by atoms with van der Waals surface area (Å²) >= 11 is 3.31. The fourth-order valence-corrected chi connectivity index (χ4v) is 3.73. The highest BCUT2D eigenvalue weighted by atomic mass is 79.9. The molecule has 2 aliphatic heterocycles. The van der Waals surface area contributed by atoms with E-state index < -0.39 is 0 Å². The van der Waals surface area contributed by atoms with E-state index in [2.05, 4.69) is 38.1 Å². The number of nitrogens with zero attached hydrogens (tertiary/aromatic N) is 3. The van der Waals surface area contributed by atoms with Crippen molar-refractivity contribution in [2.45, 2.75) is 12.8 Å². The second kappa shape index (κ2) is 8.95. The second-order valence-electron chi connectivity index (χ2n) is 7.05. The van der Waals surface area contributed by atoms with Gasteiger partial charge in [-0.2, -0.15) is 0 Å². The number of halogens is 1. The molecule has 27 heavy (non-hydrogen) atoms. The highest BCUT2D eigenvalue weighted by Gasteiger charge is 2.35. The molecule has 1 N–H and O–H groups in total. The number of carbonyl (C=O) groups is 3. The summed E-state index contributed by atoms with van der Waals surface area (Å²) in [5.74, 6) is -0.796. The van der Waals surface area contributed by atoms with Crippen LogP contribution in [0.15, 0.2) is 22.7 Å². The summed E-state index contributed by atoms with van der Waals surface area (Å²) < 4.78 is 0.752. The number of benzene rings is 1. The van der Waals surface area contributed by atoms with E-state index in [9.17, 15) is 14.4 Å². The number of nitrogens with one attached hydrogen (secondary N) is 1. The van der Waals surface area contributed by atoms with E-state index >= 15 is 0 Å². The fourth-order valence-electron chi connectivity index (χ4n) is 3.37. The molecule has 0 spiro atoms. The Balaban J connectivity index is 1.37. The largest absolute Gasteiger partial charge is 0.356 e. The lowest BCUT2D eigenvalue weighted by atomic mass is 10.1. The van der Waals surface area contributed by atoms with Crippen molar-refractivity contribution in [3.8, 4) is 0 Å².